The van der Waals surface area contributed by atoms with E-state index in [-0.39, 0.29) is 18.2 Å². The van der Waals surface area contributed by atoms with Gasteiger partial charge in [0.1, 0.15) is 0 Å². The summed E-state index contributed by atoms with van der Waals surface area (Å²) in [4.78, 5) is 0. The number of hydrogen-bond acceptors (Lipinski definition) is 2. The van der Waals surface area contributed by atoms with Gasteiger partial charge in [0.15, 0.2) is 0 Å². The lowest BCUT2D eigenvalue weighted by molar-refractivity contribution is -0.141. The van der Waals surface area contributed by atoms with Crippen LogP contribution in [0, 0.1) is 0 Å². The van der Waals surface area contributed by atoms with E-state index in [4.69, 9.17) is 10.7 Å². The van der Waals surface area contributed by atoms with Crippen LogP contribution in [0.4, 0.5) is 26.3 Å². The maximum atomic E-state index is 12.5. The lowest BCUT2D eigenvalue weighted by atomic mass is 10.0. The van der Waals surface area contributed by atoms with E-state index in [0.29, 0.717) is 0 Å². The van der Waals surface area contributed by atoms with Crippen LogP contribution in [-0.2, 0) is 27.2 Å². The first-order valence-electron chi connectivity index (χ1n) is 4.50. The molecule has 1 aromatic carbocycles. The van der Waals surface area contributed by atoms with Gasteiger partial charge in [-0.3, -0.25) is 0 Å². The Balaban J connectivity index is 3.44. The Kier molecular flexibility index (Phi) is 4.12. The Labute approximate surface area is 108 Å². The van der Waals surface area contributed by atoms with Gasteiger partial charge in [0, 0.05) is 10.7 Å². The molecule has 0 unspecified atom stereocenters. The second-order valence-corrected chi connectivity index (χ2v) is 6.33. The van der Waals surface area contributed by atoms with Crippen molar-refractivity contribution in [3.8, 4) is 0 Å². The largest absolute Gasteiger partial charge is 0.416 e. The van der Waals surface area contributed by atoms with Crippen molar-refractivity contribution in [2.75, 3.05) is 0 Å². The van der Waals surface area contributed by atoms with Crippen molar-refractivity contribution < 1.29 is 34.8 Å². The molecular formula is C9H5ClF6O2S. The molecule has 0 aromatic heterocycles. The molecule has 108 valence electrons. The molecule has 1 aromatic rings. The zero-order valence-corrected chi connectivity index (χ0v) is 10.4. The maximum absolute atomic E-state index is 12.5. The fourth-order valence-electron chi connectivity index (χ4n) is 1.35. The van der Waals surface area contributed by atoms with Gasteiger partial charge in [-0.15, -0.1) is 0 Å². The molecule has 0 aliphatic carbocycles. The predicted molar refractivity (Wildman–Crippen MR) is 54.9 cm³/mol. The van der Waals surface area contributed by atoms with Crippen LogP contribution in [-0.4, -0.2) is 8.42 Å². The van der Waals surface area contributed by atoms with Gasteiger partial charge in [0.05, 0.1) is 16.9 Å². The van der Waals surface area contributed by atoms with Gasteiger partial charge in [-0.2, -0.15) is 26.3 Å². The van der Waals surface area contributed by atoms with Crippen LogP contribution < -0.4 is 0 Å². The minimum absolute atomic E-state index is 0.128. The van der Waals surface area contributed by atoms with Crippen molar-refractivity contribution in [1.29, 1.82) is 0 Å². The van der Waals surface area contributed by atoms with E-state index < -0.39 is 43.8 Å². The van der Waals surface area contributed by atoms with Gasteiger partial charge >= 0.3 is 12.4 Å². The van der Waals surface area contributed by atoms with Crippen molar-refractivity contribution in [3.63, 3.8) is 0 Å². The number of alkyl halides is 6. The van der Waals surface area contributed by atoms with Gasteiger partial charge in [-0.1, -0.05) is 0 Å². The highest BCUT2D eigenvalue weighted by Gasteiger charge is 2.37. The van der Waals surface area contributed by atoms with Crippen LogP contribution in [0.1, 0.15) is 16.7 Å². The van der Waals surface area contributed by atoms with Crippen molar-refractivity contribution in [3.05, 3.63) is 34.9 Å². The van der Waals surface area contributed by atoms with Crippen molar-refractivity contribution >= 4 is 19.7 Å². The van der Waals surface area contributed by atoms with E-state index >= 15 is 0 Å². The molecule has 0 aliphatic rings. The summed E-state index contributed by atoms with van der Waals surface area (Å²) in [6.07, 6.45) is -9.85. The predicted octanol–water partition coefficient (Wildman–Crippen LogP) is 3.79. The number of hydrogen-bond donors (Lipinski definition) is 0. The second kappa shape index (κ2) is 4.86. The van der Waals surface area contributed by atoms with Crippen LogP contribution in [0.3, 0.4) is 0 Å². The highest BCUT2D eigenvalue weighted by atomic mass is 35.7. The Morgan fingerprint density at radius 1 is 1.00 bits per heavy atom. The van der Waals surface area contributed by atoms with Gasteiger partial charge < -0.3 is 0 Å². The van der Waals surface area contributed by atoms with Gasteiger partial charge in [0.25, 0.3) is 0 Å². The number of benzene rings is 1. The second-order valence-electron chi connectivity index (χ2n) is 3.55. The molecule has 0 aliphatic heterocycles. The van der Waals surface area contributed by atoms with E-state index in [1.54, 1.807) is 0 Å². The number of rotatable bonds is 2. The van der Waals surface area contributed by atoms with Crippen molar-refractivity contribution in [2.24, 2.45) is 0 Å². The van der Waals surface area contributed by atoms with Gasteiger partial charge in [-0.05, 0) is 23.8 Å². The molecule has 0 saturated heterocycles. The Morgan fingerprint density at radius 2 is 1.53 bits per heavy atom. The molecule has 0 radical (unpaired) electrons. The fourth-order valence-corrected chi connectivity index (χ4v) is 2.31. The molecule has 0 N–H and O–H groups in total. The standard InChI is InChI=1S/C9H5ClF6O2S/c10-19(17,18)4-5-3-6(8(11,12)13)1-2-7(5)9(14,15)16/h1-3H,4H2. The summed E-state index contributed by atoms with van der Waals surface area (Å²) < 4.78 is 96.2. The highest BCUT2D eigenvalue weighted by molar-refractivity contribution is 8.13. The summed E-state index contributed by atoms with van der Waals surface area (Å²) in [6, 6.07) is 0.538. The average Bonchev–Trinajstić information content (AvgIpc) is 2.11. The zero-order chi connectivity index (χ0) is 15.1. The van der Waals surface area contributed by atoms with Crippen molar-refractivity contribution in [2.45, 2.75) is 18.1 Å². The Morgan fingerprint density at radius 3 is 1.89 bits per heavy atom. The van der Waals surface area contributed by atoms with E-state index in [2.05, 4.69) is 0 Å². The van der Waals surface area contributed by atoms with E-state index in [1.165, 1.54) is 0 Å². The minimum atomic E-state index is -4.97. The third-order valence-corrected chi connectivity index (χ3v) is 3.05. The summed E-state index contributed by atoms with van der Waals surface area (Å²) >= 11 is 0. The smallest absolute Gasteiger partial charge is 0.212 e. The molecule has 0 fully saturated rings. The molecule has 1 rings (SSSR count). The first-order chi connectivity index (χ1) is 8.31. The molecule has 0 spiro atoms. The number of halogens is 7. The Hall–Kier alpha value is -0.960. The quantitative estimate of drug-likeness (QED) is 0.612. The first kappa shape index (κ1) is 16.1. The molecule has 19 heavy (non-hydrogen) atoms. The molecule has 0 heterocycles. The SMILES string of the molecule is O=S(=O)(Cl)Cc1cc(C(F)(F)F)ccc1C(F)(F)F. The monoisotopic (exact) mass is 326 g/mol. The van der Waals surface area contributed by atoms with Crippen LogP contribution >= 0.6 is 10.7 Å². The summed E-state index contributed by atoms with van der Waals surface area (Å²) in [7, 11) is 0.363. The van der Waals surface area contributed by atoms with Gasteiger partial charge in [-0.25, -0.2) is 8.42 Å². The normalized spacial score (nSPS) is 13.6. The minimum Gasteiger partial charge on any atom is -0.212 e. The van der Waals surface area contributed by atoms with E-state index in [0.717, 1.165) is 0 Å². The maximum Gasteiger partial charge on any atom is 0.416 e. The lowest BCUT2D eigenvalue weighted by Gasteiger charge is -2.14. The van der Waals surface area contributed by atoms with Crippen LogP contribution in [0.2, 0.25) is 0 Å². The third-order valence-electron chi connectivity index (χ3n) is 2.07. The van der Waals surface area contributed by atoms with Crippen molar-refractivity contribution in [1.82, 2.24) is 0 Å². The molecule has 10 heteroatoms. The van der Waals surface area contributed by atoms with Crippen LogP contribution in [0.5, 0.6) is 0 Å². The molecule has 2 nitrogen and oxygen atoms in total. The van der Waals surface area contributed by atoms with Crippen LogP contribution in [0.15, 0.2) is 18.2 Å². The van der Waals surface area contributed by atoms with Gasteiger partial charge in [0.2, 0.25) is 9.05 Å². The summed E-state index contributed by atoms with van der Waals surface area (Å²) in [5.74, 6) is -1.34. The highest BCUT2D eigenvalue weighted by Crippen LogP contribution is 2.37. The van der Waals surface area contributed by atoms with E-state index in [1.807, 2.05) is 0 Å². The lowest BCUT2D eigenvalue weighted by Crippen LogP contribution is -2.14. The Bertz CT molecular complexity index is 575. The molecule has 0 saturated carbocycles. The summed E-state index contributed by atoms with van der Waals surface area (Å²) in [5, 5.41) is 0. The topological polar surface area (TPSA) is 34.1 Å². The summed E-state index contributed by atoms with van der Waals surface area (Å²) in [5.41, 5.74) is -3.89. The first-order valence-corrected chi connectivity index (χ1v) is 6.98. The average molecular weight is 327 g/mol. The summed E-state index contributed by atoms with van der Waals surface area (Å²) in [6.45, 7) is 0. The zero-order valence-electron chi connectivity index (χ0n) is 8.81. The van der Waals surface area contributed by atoms with Crippen LogP contribution in [0.25, 0.3) is 0 Å². The molecule has 0 amide bonds. The molecule has 0 bridgehead atoms. The third kappa shape index (κ3) is 4.57. The molecular weight excluding hydrogens is 322 g/mol. The molecule has 0 atom stereocenters. The fraction of sp³-hybridized carbons (Fsp3) is 0.333. The van der Waals surface area contributed by atoms with E-state index in [9.17, 15) is 34.8 Å².